The Morgan fingerprint density at radius 3 is 3.08 bits per heavy atom. The second-order valence-corrected chi connectivity index (χ2v) is 6.21. The number of nitrogens with one attached hydrogen (secondary N) is 2. The summed E-state index contributed by atoms with van der Waals surface area (Å²) in [5, 5.41) is 3.13. The molecule has 1 saturated heterocycles. The van der Waals surface area contributed by atoms with Crippen molar-refractivity contribution in [2.45, 2.75) is 12.5 Å². The van der Waals surface area contributed by atoms with Gasteiger partial charge in [0.05, 0.1) is 30.2 Å². The van der Waals surface area contributed by atoms with Crippen LogP contribution in [0.25, 0.3) is 11.0 Å². The van der Waals surface area contributed by atoms with E-state index in [1.165, 1.54) is 0 Å². The third-order valence-electron chi connectivity index (χ3n) is 4.63. The largest absolute Gasteiger partial charge is 0.495 e. The minimum Gasteiger partial charge on any atom is -0.495 e. The molecule has 3 aromatic rings. The van der Waals surface area contributed by atoms with E-state index in [2.05, 4.69) is 26.3 Å². The number of aromatic nitrogens is 2. The van der Waals surface area contributed by atoms with Crippen LogP contribution in [0.5, 0.6) is 5.75 Å². The summed E-state index contributed by atoms with van der Waals surface area (Å²) in [6.45, 7) is 1.67. The van der Waals surface area contributed by atoms with Crippen LogP contribution in [-0.2, 0) is 0 Å². The number of methoxy groups -OCH3 is 1. The van der Waals surface area contributed by atoms with Crippen LogP contribution < -0.4 is 15.0 Å². The number of rotatable bonds is 4. The monoisotopic (exact) mass is 336 g/mol. The predicted molar refractivity (Wildman–Crippen MR) is 97.2 cm³/mol. The van der Waals surface area contributed by atoms with E-state index in [0.29, 0.717) is 5.56 Å². The fourth-order valence-corrected chi connectivity index (χ4v) is 3.33. The Hall–Kier alpha value is -3.02. The molecule has 2 heterocycles. The van der Waals surface area contributed by atoms with Gasteiger partial charge in [0.25, 0.3) is 5.91 Å². The van der Waals surface area contributed by atoms with E-state index >= 15 is 0 Å². The molecule has 1 aromatic heterocycles. The molecule has 4 rings (SSSR count). The number of carbonyl (C=O) groups excluding carboxylic acids is 1. The fraction of sp³-hybridized carbons (Fsp3) is 0.263. The molecule has 6 nitrogen and oxygen atoms in total. The van der Waals surface area contributed by atoms with E-state index < -0.39 is 0 Å². The van der Waals surface area contributed by atoms with Crippen LogP contribution in [0.2, 0.25) is 0 Å². The number of carbonyl (C=O) groups is 1. The summed E-state index contributed by atoms with van der Waals surface area (Å²) in [5.41, 5.74) is 3.45. The number of nitrogens with zero attached hydrogens (tertiary/aromatic N) is 2. The van der Waals surface area contributed by atoms with Gasteiger partial charge in [0.15, 0.2) is 0 Å². The molecule has 2 N–H and O–H groups in total. The molecule has 1 aliphatic rings. The number of benzene rings is 2. The summed E-state index contributed by atoms with van der Waals surface area (Å²) in [6, 6.07) is 13.6. The number of aromatic amines is 1. The highest BCUT2D eigenvalue weighted by Gasteiger charge is 2.26. The predicted octanol–water partition coefficient (Wildman–Crippen LogP) is 2.58. The molecule has 0 bridgehead atoms. The van der Waals surface area contributed by atoms with Gasteiger partial charge in [-0.25, -0.2) is 4.98 Å². The molecule has 1 aliphatic heterocycles. The van der Waals surface area contributed by atoms with Crippen molar-refractivity contribution in [1.29, 1.82) is 0 Å². The van der Waals surface area contributed by atoms with Gasteiger partial charge in [0, 0.05) is 24.7 Å². The first-order valence-corrected chi connectivity index (χ1v) is 8.36. The molecule has 0 radical (unpaired) electrons. The van der Waals surface area contributed by atoms with Crippen LogP contribution in [-0.4, -0.2) is 42.1 Å². The summed E-state index contributed by atoms with van der Waals surface area (Å²) in [6.07, 6.45) is 2.55. The molecule has 1 fully saturated rings. The minimum atomic E-state index is -0.0524. The number of para-hydroxylation sites is 2. The summed E-state index contributed by atoms with van der Waals surface area (Å²) in [4.78, 5) is 22.0. The van der Waals surface area contributed by atoms with Crippen LogP contribution in [0.4, 0.5) is 5.69 Å². The number of hydrogen-bond acceptors (Lipinski definition) is 4. The molecule has 1 atom stereocenters. The van der Waals surface area contributed by atoms with Crippen molar-refractivity contribution in [2.24, 2.45) is 0 Å². The van der Waals surface area contributed by atoms with Crippen molar-refractivity contribution in [3.8, 4) is 5.75 Å². The van der Waals surface area contributed by atoms with Gasteiger partial charge in [-0.05, 0) is 36.8 Å². The van der Waals surface area contributed by atoms with E-state index in [0.717, 1.165) is 42.0 Å². The molecule has 1 unspecified atom stereocenters. The van der Waals surface area contributed by atoms with Gasteiger partial charge in [-0.15, -0.1) is 0 Å². The lowest BCUT2D eigenvalue weighted by molar-refractivity contribution is 0.0940. The number of ether oxygens (including phenoxy) is 1. The normalized spacial score (nSPS) is 17.0. The third kappa shape index (κ3) is 3.03. The molecule has 6 heteroatoms. The molecule has 2 aromatic carbocycles. The maximum absolute atomic E-state index is 12.5. The van der Waals surface area contributed by atoms with Crippen molar-refractivity contribution in [2.75, 3.05) is 25.1 Å². The third-order valence-corrected chi connectivity index (χ3v) is 4.63. The first-order chi connectivity index (χ1) is 12.2. The van der Waals surface area contributed by atoms with Crippen LogP contribution in [0.1, 0.15) is 16.8 Å². The van der Waals surface area contributed by atoms with Crippen molar-refractivity contribution >= 4 is 22.6 Å². The smallest absolute Gasteiger partial charge is 0.251 e. The quantitative estimate of drug-likeness (QED) is 0.768. The lowest BCUT2D eigenvalue weighted by Gasteiger charge is -2.21. The van der Waals surface area contributed by atoms with E-state index in [1.807, 2.05) is 36.4 Å². The topological polar surface area (TPSA) is 70.2 Å². The lowest BCUT2D eigenvalue weighted by Crippen LogP contribution is -2.37. The SMILES string of the molecule is COc1ccccc1N1CCC(NC(=O)c2ccc3nc[nH]c3c2)C1. The first-order valence-electron chi connectivity index (χ1n) is 8.36. The molecule has 128 valence electrons. The average Bonchev–Trinajstić information content (AvgIpc) is 3.30. The minimum absolute atomic E-state index is 0.0524. The van der Waals surface area contributed by atoms with Gasteiger partial charge in [-0.1, -0.05) is 12.1 Å². The summed E-state index contributed by atoms with van der Waals surface area (Å²) in [7, 11) is 1.68. The van der Waals surface area contributed by atoms with E-state index in [1.54, 1.807) is 13.4 Å². The highest BCUT2D eigenvalue weighted by molar-refractivity contribution is 5.97. The maximum Gasteiger partial charge on any atom is 0.251 e. The number of H-pyrrole nitrogens is 1. The average molecular weight is 336 g/mol. The Kier molecular flexibility index (Phi) is 4.01. The van der Waals surface area contributed by atoms with Crippen LogP contribution in [0.3, 0.4) is 0 Å². The number of imidazole rings is 1. The standard InChI is InChI=1S/C19H20N4O2/c1-25-18-5-3-2-4-17(18)23-9-8-14(11-23)22-19(24)13-6-7-15-16(10-13)21-12-20-15/h2-7,10,12,14H,8-9,11H2,1H3,(H,20,21)(H,22,24). The van der Waals surface area contributed by atoms with Crippen LogP contribution >= 0.6 is 0 Å². The zero-order valence-electron chi connectivity index (χ0n) is 14.0. The van der Waals surface area contributed by atoms with Gasteiger partial charge in [0.2, 0.25) is 0 Å². The highest BCUT2D eigenvalue weighted by Crippen LogP contribution is 2.30. The first kappa shape index (κ1) is 15.5. The van der Waals surface area contributed by atoms with Gasteiger partial charge >= 0.3 is 0 Å². The van der Waals surface area contributed by atoms with Gasteiger partial charge in [0.1, 0.15) is 5.75 Å². The molecule has 0 aliphatic carbocycles. The Labute approximate surface area is 145 Å². The molecule has 0 spiro atoms. The molecule has 1 amide bonds. The van der Waals surface area contributed by atoms with Gasteiger partial charge in [-0.2, -0.15) is 0 Å². The Bertz CT molecular complexity index is 905. The Morgan fingerprint density at radius 2 is 2.20 bits per heavy atom. The second-order valence-electron chi connectivity index (χ2n) is 6.21. The number of amides is 1. The summed E-state index contributed by atoms with van der Waals surface area (Å²) >= 11 is 0. The van der Waals surface area contributed by atoms with Crippen molar-refractivity contribution in [3.05, 3.63) is 54.4 Å². The van der Waals surface area contributed by atoms with Gasteiger partial charge in [-0.3, -0.25) is 4.79 Å². The zero-order valence-corrected chi connectivity index (χ0v) is 14.0. The Morgan fingerprint density at radius 1 is 1.32 bits per heavy atom. The lowest BCUT2D eigenvalue weighted by atomic mass is 10.1. The van der Waals surface area contributed by atoms with E-state index in [4.69, 9.17) is 4.74 Å². The summed E-state index contributed by atoms with van der Waals surface area (Å²) < 4.78 is 5.44. The highest BCUT2D eigenvalue weighted by atomic mass is 16.5. The molecule has 25 heavy (non-hydrogen) atoms. The number of anilines is 1. The van der Waals surface area contributed by atoms with Crippen molar-refractivity contribution in [3.63, 3.8) is 0 Å². The van der Waals surface area contributed by atoms with E-state index in [9.17, 15) is 4.79 Å². The summed E-state index contributed by atoms with van der Waals surface area (Å²) in [5.74, 6) is 0.808. The zero-order chi connectivity index (χ0) is 17.2. The second kappa shape index (κ2) is 6.47. The van der Waals surface area contributed by atoms with Crippen molar-refractivity contribution in [1.82, 2.24) is 15.3 Å². The Balaban J connectivity index is 1.44. The van der Waals surface area contributed by atoms with Crippen LogP contribution in [0, 0.1) is 0 Å². The molecular weight excluding hydrogens is 316 g/mol. The molecule has 0 saturated carbocycles. The molecular formula is C19H20N4O2. The number of hydrogen-bond donors (Lipinski definition) is 2. The van der Waals surface area contributed by atoms with E-state index in [-0.39, 0.29) is 11.9 Å². The van der Waals surface area contributed by atoms with Gasteiger partial charge < -0.3 is 19.9 Å². The maximum atomic E-state index is 12.5. The van der Waals surface area contributed by atoms with Crippen molar-refractivity contribution < 1.29 is 9.53 Å². The number of fused-ring (bicyclic) bond motifs is 1. The fourth-order valence-electron chi connectivity index (χ4n) is 3.33. The van der Waals surface area contributed by atoms with Crippen LogP contribution in [0.15, 0.2) is 48.8 Å².